The highest BCUT2D eigenvalue weighted by atomic mass is 16.3. The van der Waals surface area contributed by atoms with Gasteiger partial charge < -0.3 is 15.3 Å². The van der Waals surface area contributed by atoms with Crippen molar-refractivity contribution in [3.8, 4) is 0 Å². The van der Waals surface area contributed by atoms with Gasteiger partial charge in [-0.2, -0.15) is 0 Å². The molecule has 2 atom stereocenters. The summed E-state index contributed by atoms with van der Waals surface area (Å²) in [6.45, 7) is 14.1. The molecule has 19 heavy (non-hydrogen) atoms. The maximum atomic E-state index is 9.25. The Hall–Kier alpha value is -0.120. The van der Waals surface area contributed by atoms with Crippen molar-refractivity contribution in [3.05, 3.63) is 0 Å². The van der Waals surface area contributed by atoms with Crippen LogP contribution in [0, 0.1) is 5.41 Å². The molecule has 1 saturated heterocycles. The Bertz CT molecular complexity index is 248. The Morgan fingerprint density at radius 2 is 1.89 bits per heavy atom. The molecule has 1 aliphatic heterocycles. The molecule has 0 aromatic carbocycles. The van der Waals surface area contributed by atoms with Gasteiger partial charge in [-0.1, -0.05) is 20.8 Å². The van der Waals surface area contributed by atoms with Crippen LogP contribution in [0.3, 0.4) is 0 Å². The Morgan fingerprint density at radius 3 is 2.42 bits per heavy atom. The number of hydrogen-bond acceptors (Lipinski definition) is 3. The fourth-order valence-corrected chi connectivity index (χ4v) is 2.98. The summed E-state index contributed by atoms with van der Waals surface area (Å²) in [5.41, 5.74) is 0.215. The molecule has 0 amide bonds. The Balaban J connectivity index is 2.51. The second-order valence-corrected chi connectivity index (χ2v) is 7.36. The minimum atomic E-state index is 0.215. The van der Waals surface area contributed by atoms with Gasteiger partial charge in [0, 0.05) is 24.7 Å². The number of nitrogens with one attached hydrogen (secondary N) is 1. The van der Waals surface area contributed by atoms with Gasteiger partial charge in [-0.15, -0.1) is 0 Å². The molecule has 114 valence electrons. The predicted octanol–water partition coefficient (Wildman–Crippen LogP) is 2.64. The van der Waals surface area contributed by atoms with Crippen LogP contribution in [-0.2, 0) is 0 Å². The molecule has 0 aromatic rings. The van der Waals surface area contributed by atoms with Gasteiger partial charge in [-0.3, -0.25) is 0 Å². The first kappa shape index (κ1) is 16.9. The van der Waals surface area contributed by atoms with E-state index in [1.807, 2.05) is 0 Å². The van der Waals surface area contributed by atoms with Gasteiger partial charge in [0.15, 0.2) is 0 Å². The molecule has 1 fully saturated rings. The molecule has 0 saturated carbocycles. The fourth-order valence-electron chi connectivity index (χ4n) is 2.98. The lowest BCUT2D eigenvalue weighted by atomic mass is 9.84. The highest BCUT2D eigenvalue weighted by molar-refractivity contribution is 4.85. The number of aliphatic hydroxyl groups excluding tert-OH is 1. The highest BCUT2D eigenvalue weighted by Crippen LogP contribution is 2.24. The van der Waals surface area contributed by atoms with E-state index in [2.05, 4.69) is 44.8 Å². The van der Waals surface area contributed by atoms with Crippen molar-refractivity contribution in [1.82, 2.24) is 10.2 Å². The largest absolute Gasteiger partial charge is 0.396 e. The first-order chi connectivity index (χ1) is 8.84. The first-order valence-corrected chi connectivity index (χ1v) is 7.95. The number of rotatable bonds is 5. The third-order valence-corrected chi connectivity index (χ3v) is 4.39. The van der Waals surface area contributed by atoms with Crippen LogP contribution < -0.4 is 5.32 Å². The molecule has 0 spiro atoms. The molecule has 1 heterocycles. The SMILES string of the molecule is CC(C)N1CCCC(NC(CCO)C(C)(C)C)CC1. The first-order valence-electron chi connectivity index (χ1n) is 7.95. The summed E-state index contributed by atoms with van der Waals surface area (Å²) in [6, 6.07) is 1.68. The van der Waals surface area contributed by atoms with Crippen LogP contribution in [0.1, 0.15) is 60.3 Å². The molecule has 3 heteroatoms. The van der Waals surface area contributed by atoms with E-state index in [1.54, 1.807) is 0 Å². The van der Waals surface area contributed by atoms with Crippen LogP contribution in [0.5, 0.6) is 0 Å². The summed E-state index contributed by atoms with van der Waals surface area (Å²) in [4.78, 5) is 2.58. The van der Waals surface area contributed by atoms with Gasteiger partial charge in [0.1, 0.15) is 0 Å². The number of nitrogens with zero attached hydrogens (tertiary/aromatic N) is 1. The Labute approximate surface area is 119 Å². The molecule has 0 aromatic heterocycles. The Kier molecular flexibility index (Phi) is 6.78. The van der Waals surface area contributed by atoms with Crippen LogP contribution in [0.2, 0.25) is 0 Å². The molecule has 2 unspecified atom stereocenters. The van der Waals surface area contributed by atoms with Gasteiger partial charge >= 0.3 is 0 Å². The van der Waals surface area contributed by atoms with Crippen LogP contribution >= 0.6 is 0 Å². The standard InChI is InChI=1S/C16H34N2O/c1-13(2)18-10-6-7-14(8-11-18)17-15(9-12-19)16(3,4)5/h13-15,17,19H,6-12H2,1-5H3. The molecule has 0 radical (unpaired) electrons. The quantitative estimate of drug-likeness (QED) is 0.806. The van der Waals surface area contributed by atoms with E-state index < -0.39 is 0 Å². The van der Waals surface area contributed by atoms with Gasteiger partial charge in [0.2, 0.25) is 0 Å². The van der Waals surface area contributed by atoms with Gasteiger partial charge in [-0.25, -0.2) is 0 Å². The molecular weight excluding hydrogens is 236 g/mol. The van der Waals surface area contributed by atoms with Crippen molar-refractivity contribution >= 4 is 0 Å². The lowest BCUT2D eigenvalue weighted by Gasteiger charge is -2.35. The zero-order valence-corrected chi connectivity index (χ0v) is 13.6. The summed E-state index contributed by atoms with van der Waals surface area (Å²) in [5.74, 6) is 0. The predicted molar refractivity (Wildman–Crippen MR) is 82.4 cm³/mol. The topological polar surface area (TPSA) is 35.5 Å². The molecule has 0 bridgehead atoms. The van der Waals surface area contributed by atoms with E-state index in [0.717, 1.165) is 6.42 Å². The zero-order valence-electron chi connectivity index (χ0n) is 13.6. The van der Waals surface area contributed by atoms with Gasteiger partial charge in [0.05, 0.1) is 0 Å². The monoisotopic (exact) mass is 270 g/mol. The molecule has 1 aliphatic rings. The van der Waals surface area contributed by atoms with E-state index in [0.29, 0.717) is 18.1 Å². The lowest BCUT2D eigenvalue weighted by Crippen LogP contribution is -2.46. The van der Waals surface area contributed by atoms with Crippen molar-refractivity contribution in [2.75, 3.05) is 19.7 Å². The van der Waals surface area contributed by atoms with Crippen LogP contribution in [0.25, 0.3) is 0 Å². The van der Waals surface area contributed by atoms with Crippen molar-refractivity contribution in [2.24, 2.45) is 5.41 Å². The lowest BCUT2D eigenvalue weighted by molar-refractivity contribution is 0.179. The molecule has 2 N–H and O–H groups in total. The summed E-state index contributed by atoms with van der Waals surface area (Å²) in [7, 11) is 0. The average molecular weight is 270 g/mol. The number of likely N-dealkylation sites (tertiary alicyclic amines) is 1. The molecular formula is C16H34N2O. The fraction of sp³-hybridized carbons (Fsp3) is 1.00. The van der Waals surface area contributed by atoms with E-state index in [4.69, 9.17) is 0 Å². The number of hydrogen-bond donors (Lipinski definition) is 2. The molecule has 1 rings (SSSR count). The van der Waals surface area contributed by atoms with Crippen molar-refractivity contribution < 1.29 is 5.11 Å². The van der Waals surface area contributed by atoms with E-state index in [1.165, 1.54) is 32.4 Å². The third kappa shape index (κ3) is 5.80. The third-order valence-electron chi connectivity index (χ3n) is 4.39. The normalized spacial score (nSPS) is 24.5. The minimum Gasteiger partial charge on any atom is -0.396 e. The smallest absolute Gasteiger partial charge is 0.0446 e. The maximum absolute atomic E-state index is 9.25. The van der Waals surface area contributed by atoms with Crippen LogP contribution in [-0.4, -0.2) is 47.8 Å². The van der Waals surface area contributed by atoms with E-state index in [-0.39, 0.29) is 12.0 Å². The van der Waals surface area contributed by atoms with Gasteiger partial charge in [0.25, 0.3) is 0 Å². The molecule has 3 nitrogen and oxygen atoms in total. The van der Waals surface area contributed by atoms with Crippen molar-refractivity contribution in [2.45, 2.75) is 78.4 Å². The Morgan fingerprint density at radius 1 is 1.21 bits per heavy atom. The van der Waals surface area contributed by atoms with Crippen LogP contribution in [0.15, 0.2) is 0 Å². The number of aliphatic hydroxyl groups is 1. The van der Waals surface area contributed by atoms with Crippen molar-refractivity contribution in [3.63, 3.8) is 0 Å². The highest BCUT2D eigenvalue weighted by Gasteiger charge is 2.27. The second-order valence-electron chi connectivity index (χ2n) is 7.36. The van der Waals surface area contributed by atoms with Gasteiger partial charge in [-0.05, 0) is 58.0 Å². The average Bonchev–Trinajstić information content (AvgIpc) is 2.52. The minimum absolute atomic E-state index is 0.215. The van der Waals surface area contributed by atoms with Crippen LogP contribution in [0.4, 0.5) is 0 Å². The second kappa shape index (κ2) is 7.61. The summed E-state index contributed by atoms with van der Waals surface area (Å²) in [5, 5.41) is 13.1. The zero-order chi connectivity index (χ0) is 14.5. The summed E-state index contributed by atoms with van der Waals surface area (Å²) >= 11 is 0. The van der Waals surface area contributed by atoms with Crippen molar-refractivity contribution in [1.29, 1.82) is 0 Å². The van der Waals surface area contributed by atoms with E-state index in [9.17, 15) is 5.11 Å². The summed E-state index contributed by atoms with van der Waals surface area (Å²) in [6.07, 6.45) is 4.64. The summed E-state index contributed by atoms with van der Waals surface area (Å²) < 4.78 is 0. The maximum Gasteiger partial charge on any atom is 0.0446 e. The molecule has 0 aliphatic carbocycles. The van der Waals surface area contributed by atoms with E-state index >= 15 is 0 Å².